The van der Waals surface area contributed by atoms with Crippen LogP contribution in [0.1, 0.15) is 10.4 Å². The van der Waals surface area contributed by atoms with Gasteiger partial charge in [-0.1, -0.05) is 60.7 Å². The van der Waals surface area contributed by atoms with Crippen molar-refractivity contribution in [1.29, 1.82) is 0 Å². The molecule has 0 bridgehead atoms. The van der Waals surface area contributed by atoms with Crippen molar-refractivity contribution in [2.24, 2.45) is 0 Å². The second-order valence-electron chi connectivity index (χ2n) is 5.95. The standard InChI is InChI=1S/C24H19NS/c1-3-8-21(9-4-1)25(22-10-5-2-6-11-22)23-16-13-20(14-17-23)15-18-24-12-7-19-26-24/h1-19H. The Balaban J connectivity index is 1.66. The monoisotopic (exact) mass is 353 g/mol. The second kappa shape index (κ2) is 7.85. The number of hydrogen-bond donors (Lipinski definition) is 0. The van der Waals surface area contributed by atoms with Crippen LogP contribution in [0.3, 0.4) is 0 Å². The molecule has 126 valence electrons. The summed E-state index contributed by atoms with van der Waals surface area (Å²) < 4.78 is 0. The zero-order valence-electron chi connectivity index (χ0n) is 14.3. The first-order valence-electron chi connectivity index (χ1n) is 8.62. The normalized spacial score (nSPS) is 10.9. The van der Waals surface area contributed by atoms with Gasteiger partial charge in [0, 0.05) is 21.9 Å². The molecule has 4 aromatic rings. The van der Waals surface area contributed by atoms with E-state index in [4.69, 9.17) is 0 Å². The molecule has 0 N–H and O–H groups in total. The van der Waals surface area contributed by atoms with Gasteiger partial charge in [-0.15, -0.1) is 11.3 Å². The van der Waals surface area contributed by atoms with E-state index in [2.05, 4.69) is 107 Å². The number of benzene rings is 3. The summed E-state index contributed by atoms with van der Waals surface area (Å²) >= 11 is 1.75. The number of hydrogen-bond acceptors (Lipinski definition) is 2. The van der Waals surface area contributed by atoms with Gasteiger partial charge in [-0.25, -0.2) is 0 Å². The fourth-order valence-corrected chi connectivity index (χ4v) is 3.52. The van der Waals surface area contributed by atoms with E-state index in [1.54, 1.807) is 11.3 Å². The third-order valence-corrected chi connectivity index (χ3v) is 5.00. The van der Waals surface area contributed by atoms with Crippen LogP contribution in [-0.4, -0.2) is 0 Å². The zero-order chi connectivity index (χ0) is 17.6. The summed E-state index contributed by atoms with van der Waals surface area (Å²) in [7, 11) is 0. The lowest BCUT2D eigenvalue weighted by Crippen LogP contribution is -2.09. The van der Waals surface area contributed by atoms with Crippen molar-refractivity contribution in [2.75, 3.05) is 4.90 Å². The summed E-state index contributed by atoms with van der Waals surface area (Å²) in [6, 6.07) is 33.8. The lowest BCUT2D eigenvalue weighted by Gasteiger charge is -2.25. The molecular weight excluding hydrogens is 334 g/mol. The lowest BCUT2D eigenvalue weighted by atomic mass is 10.1. The van der Waals surface area contributed by atoms with Crippen LogP contribution in [0.15, 0.2) is 102 Å². The first kappa shape index (κ1) is 16.4. The third kappa shape index (κ3) is 3.76. The topological polar surface area (TPSA) is 3.24 Å². The van der Waals surface area contributed by atoms with E-state index < -0.39 is 0 Å². The molecule has 0 saturated heterocycles. The zero-order valence-corrected chi connectivity index (χ0v) is 15.1. The second-order valence-corrected chi connectivity index (χ2v) is 6.93. The van der Waals surface area contributed by atoms with Crippen molar-refractivity contribution in [3.05, 3.63) is 113 Å². The van der Waals surface area contributed by atoms with E-state index in [1.165, 1.54) is 10.4 Å². The van der Waals surface area contributed by atoms with Gasteiger partial charge < -0.3 is 4.90 Å². The molecule has 2 heteroatoms. The van der Waals surface area contributed by atoms with Gasteiger partial charge in [0.25, 0.3) is 0 Å². The van der Waals surface area contributed by atoms with Crippen LogP contribution in [0.2, 0.25) is 0 Å². The molecule has 0 spiro atoms. The van der Waals surface area contributed by atoms with Gasteiger partial charge in [0.15, 0.2) is 0 Å². The van der Waals surface area contributed by atoms with Gasteiger partial charge in [-0.2, -0.15) is 0 Å². The van der Waals surface area contributed by atoms with Crippen molar-refractivity contribution in [2.45, 2.75) is 0 Å². The molecule has 26 heavy (non-hydrogen) atoms. The highest BCUT2D eigenvalue weighted by Crippen LogP contribution is 2.34. The fourth-order valence-electron chi connectivity index (χ4n) is 2.90. The van der Waals surface area contributed by atoms with Crippen molar-refractivity contribution in [3.8, 4) is 0 Å². The van der Waals surface area contributed by atoms with E-state index in [9.17, 15) is 0 Å². The molecule has 0 radical (unpaired) electrons. The first-order valence-corrected chi connectivity index (χ1v) is 9.50. The lowest BCUT2D eigenvalue weighted by molar-refractivity contribution is 1.28. The fraction of sp³-hybridized carbons (Fsp3) is 0. The van der Waals surface area contributed by atoms with Gasteiger partial charge in [0.2, 0.25) is 0 Å². The van der Waals surface area contributed by atoms with Gasteiger partial charge in [-0.05, 0) is 59.5 Å². The van der Waals surface area contributed by atoms with Crippen molar-refractivity contribution >= 4 is 40.6 Å². The van der Waals surface area contributed by atoms with Gasteiger partial charge >= 0.3 is 0 Å². The van der Waals surface area contributed by atoms with Gasteiger partial charge in [0.05, 0.1) is 0 Å². The van der Waals surface area contributed by atoms with Crippen molar-refractivity contribution < 1.29 is 0 Å². The van der Waals surface area contributed by atoms with Crippen LogP contribution in [-0.2, 0) is 0 Å². The Bertz CT molecular complexity index is 916. The molecule has 0 fully saturated rings. The number of anilines is 3. The van der Waals surface area contributed by atoms with Crippen molar-refractivity contribution in [3.63, 3.8) is 0 Å². The highest BCUT2D eigenvalue weighted by molar-refractivity contribution is 7.10. The van der Waals surface area contributed by atoms with Crippen LogP contribution in [0, 0.1) is 0 Å². The van der Waals surface area contributed by atoms with Crippen LogP contribution in [0.5, 0.6) is 0 Å². The first-order chi connectivity index (χ1) is 12.9. The highest BCUT2D eigenvalue weighted by Gasteiger charge is 2.11. The van der Waals surface area contributed by atoms with Crippen LogP contribution >= 0.6 is 11.3 Å². The van der Waals surface area contributed by atoms with E-state index in [1.807, 2.05) is 12.1 Å². The molecule has 0 atom stereocenters. The molecule has 4 rings (SSSR count). The minimum Gasteiger partial charge on any atom is -0.311 e. The summed E-state index contributed by atoms with van der Waals surface area (Å²) in [5.41, 5.74) is 4.65. The molecular formula is C24H19NS. The summed E-state index contributed by atoms with van der Waals surface area (Å²) in [5.74, 6) is 0. The largest absolute Gasteiger partial charge is 0.311 e. The molecule has 0 unspecified atom stereocenters. The Morgan fingerprint density at radius 1 is 0.538 bits per heavy atom. The van der Waals surface area contributed by atoms with Gasteiger partial charge in [-0.3, -0.25) is 0 Å². The molecule has 0 amide bonds. The number of para-hydroxylation sites is 2. The average molecular weight is 353 g/mol. The van der Waals surface area contributed by atoms with E-state index in [-0.39, 0.29) is 0 Å². The maximum absolute atomic E-state index is 2.27. The molecule has 3 aromatic carbocycles. The molecule has 1 nitrogen and oxygen atoms in total. The van der Waals surface area contributed by atoms with Crippen molar-refractivity contribution in [1.82, 2.24) is 0 Å². The predicted molar refractivity (Wildman–Crippen MR) is 114 cm³/mol. The smallest absolute Gasteiger partial charge is 0.0462 e. The predicted octanol–water partition coefficient (Wildman–Crippen LogP) is 7.39. The molecule has 0 aliphatic carbocycles. The highest BCUT2D eigenvalue weighted by atomic mass is 32.1. The molecule has 1 heterocycles. The Labute approximate surface area is 158 Å². The summed E-state index contributed by atoms with van der Waals surface area (Å²) in [6.45, 7) is 0. The number of rotatable bonds is 5. The third-order valence-electron chi connectivity index (χ3n) is 4.16. The minimum absolute atomic E-state index is 1.15. The SMILES string of the molecule is C(=Cc1cccs1)c1ccc(N(c2ccccc2)c2ccccc2)cc1. The quantitative estimate of drug-likeness (QED) is 0.361. The summed E-state index contributed by atoms with van der Waals surface area (Å²) in [6.07, 6.45) is 4.32. The number of nitrogens with zero attached hydrogens (tertiary/aromatic N) is 1. The Hall–Kier alpha value is -3.10. The van der Waals surface area contributed by atoms with Crippen LogP contribution in [0.25, 0.3) is 12.2 Å². The molecule has 0 aliphatic heterocycles. The van der Waals surface area contributed by atoms with E-state index in [0.717, 1.165) is 17.1 Å². The minimum atomic E-state index is 1.15. The van der Waals surface area contributed by atoms with Crippen LogP contribution in [0.4, 0.5) is 17.1 Å². The molecule has 0 aliphatic rings. The Kier molecular flexibility index (Phi) is 4.95. The Morgan fingerprint density at radius 3 is 1.65 bits per heavy atom. The summed E-state index contributed by atoms with van der Waals surface area (Å²) in [5, 5.41) is 2.10. The Morgan fingerprint density at radius 2 is 1.12 bits per heavy atom. The maximum atomic E-state index is 2.27. The summed E-state index contributed by atoms with van der Waals surface area (Å²) in [4.78, 5) is 3.54. The van der Waals surface area contributed by atoms with E-state index in [0.29, 0.717) is 0 Å². The van der Waals surface area contributed by atoms with E-state index >= 15 is 0 Å². The molecule has 0 saturated carbocycles. The molecule has 1 aromatic heterocycles. The van der Waals surface area contributed by atoms with Gasteiger partial charge in [0.1, 0.15) is 0 Å². The van der Waals surface area contributed by atoms with Crippen LogP contribution < -0.4 is 4.90 Å². The number of thiophene rings is 1. The average Bonchev–Trinajstić information content (AvgIpc) is 3.23. The maximum Gasteiger partial charge on any atom is 0.0462 e.